The topological polar surface area (TPSA) is 65.7 Å². The van der Waals surface area contributed by atoms with Crippen LogP contribution in [0.4, 0.5) is 13.2 Å². The van der Waals surface area contributed by atoms with Gasteiger partial charge in [-0.25, -0.2) is 4.98 Å². The lowest BCUT2D eigenvalue weighted by molar-refractivity contribution is -0.137. The summed E-state index contributed by atoms with van der Waals surface area (Å²) >= 11 is 11.8. The summed E-state index contributed by atoms with van der Waals surface area (Å²) < 4.78 is 51.4. The lowest BCUT2D eigenvalue weighted by atomic mass is 10.1. The first-order valence-corrected chi connectivity index (χ1v) is 10.7. The van der Waals surface area contributed by atoms with Gasteiger partial charge in [0.1, 0.15) is 0 Å². The van der Waals surface area contributed by atoms with Gasteiger partial charge in [0, 0.05) is 10.6 Å². The molecule has 35 heavy (non-hydrogen) atoms. The van der Waals surface area contributed by atoms with Gasteiger partial charge in [0.2, 0.25) is 0 Å². The molecule has 3 aromatic carbocycles. The molecule has 0 bridgehead atoms. The Morgan fingerprint density at radius 2 is 1.71 bits per heavy atom. The number of hydrogen-bond donors (Lipinski definition) is 0. The van der Waals surface area contributed by atoms with Crippen LogP contribution in [-0.2, 0) is 6.18 Å². The summed E-state index contributed by atoms with van der Waals surface area (Å²) in [4.78, 5) is 17.9. The van der Waals surface area contributed by atoms with E-state index >= 15 is 0 Å². The average molecular weight is 522 g/mol. The summed E-state index contributed by atoms with van der Waals surface area (Å²) in [6, 6.07) is 12.8. The molecule has 0 aliphatic heterocycles. The van der Waals surface area contributed by atoms with Crippen molar-refractivity contribution in [3.05, 3.63) is 86.1 Å². The Morgan fingerprint density at radius 1 is 0.971 bits per heavy atom. The molecule has 4 aromatic rings. The summed E-state index contributed by atoms with van der Waals surface area (Å²) in [5, 5.41) is 4.23. The van der Waals surface area contributed by atoms with Crippen molar-refractivity contribution >= 4 is 40.3 Å². The van der Waals surface area contributed by atoms with Crippen LogP contribution in [0.15, 0.2) is 64.5 Å². The number of nitrogens with zero attached hydrogens (tertiary/aromatic N) is 3. The Labute approximate surface area is 207 Å². The number of benzene rings is 3. The lowest BCUT2D eigenvalue weighted by Gasteiger charge is -2.13. The van der Waals surface area contributed by atoms with Crippen molar-refractivity contribution in [1.29, 1.82) is 0 Å². The highest BCUT2D eigenvalue weighted by atomic mass is 35.5. The standard InChI is InChI=1S/C24H16Cl2F3N3O3/c1-34-20-8-4-14(10-21(20)35-2)22-31-19-7-5-15(25)11-16(19)23(33)32(22)30-12-13-3-6-18(26)17(9-13)24(27,28)29/h3-12H,1-2H3/b30-12+. The monoisotopic (exact) mass is 521 g/mol. The van der Waals surface area contributed by atoms with E-state index < -0.39 is 22.3 Å². The predicted molar refractivity (Wildman–Crippen MR) is 129 cm³/mol. The number of halogens is 5. The van der Waals surface area contributed by atoms with Crippen LogP contribution in [0.2, 0.25) is 10.0 Å². The van der Waals surface area contributed by atoms with Gasteiger partial charge in [-0.3, -0.25) is 4.79 Å². The minimum Gasteiger partial charge on any atom is -0.493 e. The smallest absolute Gasteiger partial charge is 0.417 e. The SMILES string of the molecule is COc1ccc(-c2nc3ccc(Cl)cc3c(=O)n2/N=C/c2ccc(Cl)c(C(F)(F)F)c2)cc1OC. The van der Waals surface area contributed by atoms with Gasteiger partial charge in [0.15, 0.2) is 17.3 Å². The Balaban J connectivity index is 1.93. The summed E-state index contributed by atoms with van der Waals surface area (Å²) in [7, 11) is 2.94. The molecule has 0 saturated carbocycles. The van der Waals surface area contributed by atoms with Gasteiger partial charge in [-0.05, 0) is 54.1 Å². The van der Waals surface area contributed by atoms with Crippen LogP contribution in [0, 0.1) is 0 Å². The Morgan fingerprint density at radius 3 is 2.40 bits per heavy atom. The fourth-order valence-corrected chi connectivity index (χ4v) is 3.78. The zero-order valence-corrected chi connectivity index (χ0v) is 19.7. The second kappa shape index (κ2) is 9.59. The maximum Gasteiger partial charge on any atom is 0.417 e. The average Bonchev–Trinajstić information content (AvgIpc) is 2.83. The van der Waals surface area contributed by atoms with E-state index in [1.165, 1.54) is 26.4 Å². The molecule has 0 atom stereocenters. The highest BCUT2D eigenvalue weighted by Gasteiger charge is 2.33. The second-order valence-corrected chi connectivity index (χ2v) is 8.11. The van der Waals surface area contributed by atoms with E-state index in [0.717, 1.165) is 23.0 Å². The van der Waals surface area contributed by atoms with Crippen LogP contribution < -0.4 is 15.0 Å². The highest BCUT2D eigenvalue weighted by Crippen LogP contribution is 2.35. The lowest BCUT2D eigenvalue weighted by Crippen LogP contribution is -2.20. The maximum atomic E-state index is 13.3. The van der Waals surface area contributed by atoms with E-state index in [1.54, 1.807) is 30.3 Å². The van der Waals surface area contributed by atoms with E-state index in [2.05, 4.69) is 10.1 Å². The highest BCUT2D eigenvalue weighted by molar-refractivity contribution is 6.31. The number of hydrogen-bond acceptors (Lipinski definition) is 5. The van der Waals surface area contributed by atoms with Crippen molar-refractivity contribution in [1.82, 2.24) is 9.66 Å². The molecule has 0 spiro atoms. The van der Waals surface area contributed by atoms with E-state index in [9.17, 15) is 18.0 Å². The third-order valence-corrected chi connectivity index (χ3v) is 5.63. The minimum atomic E-state index is -4.65. The molecule has 0 amide bonds. The number of ether oxygens (including phenoxy) is 2. The molecule has 0 fully saturated rings. The molecule has 0 radical (unpaired) electrons. The van der Waals surface area contributed by atoms with Crippen molar-refractivity contribution in [2.45, 2.75) is 6.18 Å². The number of fused-ring (bicyclic) bond motifs is 1. The third-order valence-electron chi connectivity index (χ3n) is 5.07. The van der Waals surface area contributed by atoms with E-state index in [1.807, 2.05) is 0 Å². The first kappa shape index (κ1) is 24.6. The zero-order valence-electron chi connectivity index (χ0n) is 18.2. The number of aromatic nitrogens is 2. The summed E-state index contributed by atoms with van der Waals surface area (Å²) in [6.45, 7) is 0. The van der Waals surface area contributed by atoms with Gasteiger partial charge in [0.05, 0.1) is 41.9 Å². The molecule has 1 aromatic heterocycles. The van der Waals surface area contributed by atoms with Crippen LogP contribution in [-0.4, -0.2) is 30.1 Å². The van der Waals surface area contributed by atoms with Gasteiger partial charge >= 0.3 is 6.18 Å². The number of rotatable bonds is 5. The minimum absolute atomic E-state index is 0.0816. The Hall–Kier alpha value is -3.56. The molecule has 1 heterocycles. The fourth-order valence-electron chi connectivity index (χ4n) is 3.38. The van der Waals surface area contributed by atoms with Crippen LogP contribution in [0.3, 0.4) is 0 Å². The molecule has 0 saturated heterocycles. The molecule has 0 aliphatic rings. The molecule has 4 rings (SSSR count). The molecular formula is C24H16Cl2F3N3O3. The van der Waals surface area contributed by atoms with Gasteiger partial charge in [-0.15, -0.1) is 0 Å². The summed E-state index contributed by atoms with van der Waals surface area (Å²) in [6.07, 6.45) is -3.53. The Kier molecular flexibility index (Phi) is 6.73. The third kappa shape index (κ3) is 4.96. The van der Waals surface area contributed by atoms with Crippen molar-refractivity contribution in [3.63, 3.8) is 0 Å². The largest absolute Gasteiger partial charge is 0.493 e. The molecule has 0 unspecified atom stereocenters. The first-order chi connectivity index (χ1) is 16.6. The number of alkyl halides is 3. The summed E-state index contributed by atoms with van der Waals surface area (Å²) in [5.74, 6) is 0.979. The molecule has 180 valence electrons. The van der Waals surface area contributed by atoms with Crippen molar-refractivity contribution in [3.8, 4) is 22.9 Å². The summed E-state index contributed by atoms with van der Waals surface area (Å²) in [5.41, 5.74) is -0.678. The van der Waals surface area contributed by atoms with Crippen molar-refractivity contribution < 1.29 is 22.6 Å². The fraction of sp³-hybridized carbons (Fsp3) is 0.125. The number of methoxy groups -OCH3 is 2. The first-order valence-electron chi connectivity index (χ1n) is 9.98. The van der Waals surface area contributed by atoms with E-state index in [0.29, 0.717) is 27.6 Å². The zero-order chi connectivity index (χ0) is 25.3. The van der Waals surface area contributed by atoms with Gasteiger partial charge in [0.25, 0.3) is 5.56 Å². The predicted octanol–water partition coefficient (Wildman–Crippen LogP) is 6.29. The van der Waals surface area contributed by atoms with Crippen LogP contribution in [0.25, 0.3) is 22.3 Å². The maximum absolute atomic E-state index is 13.3. The second-order valence-electron chi connectivity index (χ2n) is 7.27. The molecular weight excluding hydrogens is 506 g/mol. The van der Waals surface area contributed by atoms with Crippen LogP contribution in [0.5, 0.6) is 11.5 Å². The van der Waals surface area contributed by atoms with Crippen molar-refractivity contribution in [2.24, 2.45) is 5.10 Å². The van der Waals surface area contributed by atoms with Gasteiger partial charge in [-0.2, -0.15) is 22.9 Å². The van der Waals surface area contributed by atoms with Crippen LogP contribution in [0.1, 0.15) is 11.1 Å². The van der Waals surface area contributed by atoms with E-state index in [4.69, 9.17) is 32.7 Å². The normalized spacial score (nSPS) is 11.9. The van der Waals surface area contributed by atoms with Gasteiger partial charge in [-0.1, -0.05) is 29.3 Å². The molecule has 0 aliphatic carbocycles. The molecule has 6 nitrogen and oxygen atoms in total. The van der Waals surface area contributed by atoms with Crippen molar-refractivity contribution in [2.75, 3.05) is 14.2 Å². The van der Waals surface area contributed by atoms with Crippen LogP contribution >= 0.6 is 23.2 Å². The quantitative estimate of drug-likeness (QED) is 0.289. The molecule has 0 N–H and O–H groups in total. The van der Waals surface area contributed by atoms with Gasteiger partial charge < -0.3 is 9.47 Å². The molecule has 11 heteroatoms. The van der Waals surface area contributed by atoms with E-state index in [-0.39, 0.29) is 16.8 Å². The Bertz CT molecular complexity index is 1520.